The van der Waals surface area contributed by atoms with Gasteiger partial charge in [0, 0.05) is 0 Å². The van der Waals surface area contributed by atoms with E-state index in [1.54, 1.807) is 0 Å². The standard InChI is InChI=1S/C9H7O4/c10-3-1-2-6-4-7(11)9(13)8(12)5-6/h1-2,4-5,11-13H/b2-1+. The fourth-order valence-electron chi connectivity index (χ4n) is 0.852. The van der Waals surface area contributed by atoms with E-state index in [9.17, 15) is 4.79 Å². The zero-order valence-corrected chi connectivity index (χ0v) is 6.56. The number of carbonyl (C=O) groups excluding carboxylic acids is 1. The summed E-state index contributed by atoms with van der Waals surface area (Å²) in [6.07, 6.45) is 3.94. The average Bonchev–Trinajstić information content (AvgIpc) is 2.10. The number of rotatable bonds is 2. The summed E-state index contributed by atoms with van der Waals surface area (Å²) in [6.45, 7) is 0. The van der Waals surface area contributed by atoms with Gasteiger partial charge in [-0.25, -0.2) is 0 Å². The minimum atomic E-state index is -0.577. The van der Waals surface area contributed by atoms with Crippen LogP contribution in [0.5, 0.6) is 17.2 Å². The maximum atomic E-state index is 9.83. The van der Waals surface area contributed by atoms with Crippen LogP contribution >= 0.6 is 0 Å². The highest BCUT2D eigenvalue weighted by atomic mass is 16.3. The van der Waals surface area contributed by atoms with Crippen LogP contribution in [0.1, 0.15) is 5.56 Å². The second-order valence-corrected chi connectivity index (χ2v) is 2.36. The molecule has 0 unspecified atom stereocenters. The molecule has 4 heteroatoms. The molecule has 1 aromatic carbocycles. The number of allylic oxidation sites excluding steroid dienone is 1. The molecule has 0 aliphatic heterocycles. The normalized spacial score (nSPS) is 10.5. The quantitative estimate of drug-likeness (QED) is 0.466. The highest BCUT2D eigenvalue weighted by molar-refractivity contribution is 5.75. The molecule has 0 aliphatic carbocycles. The van der Waals surface area contributed by atoms with E-state index >= 15 is 0 Å². The molecule has 0 saturated heterocycles. The van der Waals surface area contributed by atoms with Crippen molar-refractivity contribution in [2.75, 3.05) is 0 Å². The van der Waals surface area contributed by atoms with Gasteiger partial charge in [-0.15, -0.1) is 0 Å². The summed E-state index contributed by atoms with van der Waals surface area (Å²) in [7, 11) is 0. The van der Waals surface area contributed by atoms with E-state index in [2.05, 4.69) is 0 Å². The minimum absolute atomic E-state index is 0.399. The molecule has 1 radical (unpaired) electrons. The van der Waals surface area contributed by atoms with Crippen LogP contribution in [0.2, 0.25) is 0 Å². The molecule has 0 saturated carbocycles. The SMILES string of the molecule is O=[C]/C=C/c1cc(O)c(O)c(O)c1. The van der Waals surface area contributed by atoms with Crippen molar-refractivity contribution in [1.82, 2.24) is 0 Å². The second kappa shape index (κ2) is 3.62. The molecule has 4 nitrogen and oxygen atoms in total. The molecule has 0 aromatic heterocycles. The van der Waals surface area contributed by atoms with E-state index < -0.39 is 17.2 Å². The Labute approximate surface area is 74.4 Å². The summed E-state index contributed by atoms with van der Waals surface area (Å²) in [5.41, 5.74) is 0.399. The van der Waals surface area contributed by atoms with Crippen molar-refractivity contribution in [1.29, 1.82) is 0 Å². The Hall–Kier alpha value is -1.97. The summed E-state index contributed by atoms with van der Waals surface area (Å²) in [5.74, 6) is -1.46. The topological polar surface area (TPSA) is 77.8 Å². The first-order valence-corrected chi connectivity index (χ1v) is 3.44. The van der Waals surface area contributed by atoms with Gasteiger partial charge in [-0.2, -0.15) is 0 Å². The maximum Gasteiger partial charge on any atom is 0.225 e. The monoisotopic (exact) mass is 179 g/mol. The lowest BCUT2D eigenvalue weighted by atomic mass is 10.1. The van der Waals surface area contributed by atoms with Gasteiger partial charge in [-0.1, -0.05) is 6.08 Å². The van der Waals surface area contributed by atoms with Crippen molar-refractivity contribution < 1.29 is 20.1 Å². The largest absolute Gasteiger partial charge is 0.504 e. The Morgan fingerprint density at radius 1 is 1.15 bits per heavy atom. The third kappa shape index (κ3) is 1.99. The summed E-state index contributed by atoms with van der Waals surface area (Å²) < 4.78 is 0. The van der Waals surface area contributed by atoms with E-state index in [0.717, 1.165) is 6.08 Å². The van der Waals surface area contributed by atoms with Gasteiger partial charge in [0.15, 0.2) is 17.2 Å². The molecule has 0 heterocycles. The van der Waals surface area contributed by atoms with Gasteiger partial charge in [0.05, 0.1) is 0 Å². The molecule has 0 fully saturated rings. The predicted octanol–water partition coefficient (Wildman–Crippen LogP) is 0.926. The lowest BCUT2D eigenvalue weighted by molar-refractivity contribution is 0.368. The van der Waals surface area contributed by atoms with Crippen LogP contribution < -0.4 is 0 Å². The Bertz CT molecular complexity index is 332. The number of benzene rings is 1. The predicted molar refractivity (Wildman–Crippen MR) is 46.2 cm³/mol. The van der Waals surface area contributed by atoms with Gasteiger partial charge >= 0.3 is 0 Å². The Morgan fingerprint density at radius 2 is 1.69 bits per heavy atom. The van der Waals surface area contributed by atoms with Gasteiger partial charge < -0.3 is 15.3 Å². The van der Waals surface area contributed by atoms with Gasteiger partial charge in [-0.3, -0.25) is 4.79 Å². The van der Waals surface area contributed by atoms with Gasteiger partial charge in [0.2, 0.25) is 6.29 Å². The smallest absolute Gasteiger partial charge is 0.225 e. The van der Waals surface area contributed by atoms with E-state index in [4.69, 9.17) is 15.3 Å². The lowest BCUT2D eigenvalue weighted by Gasteiger charge is -2.01. The zero-order chi connectivity index (χ0) is 9.84. The van der Waals surface area contributed by atoms with Crippen molar-refractivity contribution >= 4 is 12.4 Å². The van der Waals surface area contributed by atoms with Crippen LogP contribution in [-0.4, -0.2) is 21.6 Å². The van der Waals surface area contributed by atoms with Crippen LogP contribution in [0, 0.1) is 0 Å². The minimum Gasteiger partial charge on any atom is -0.504 e. The van der Waals surface area contributed by atoms with Crippen LogP contribution in [-0.2, 0) is 4.79 Å². The summed E-state index contributed by atoms with van der Waals surface area (Å²) in [4.78, 5) is 9.83. The number of hydrogen-bond donors (Lipinski definition) is 3. The highest BCUT2D eigenvalue weighted by Gasteiger charge is 2.05. The zero-order valence-electron chi connectivity index (χ0n) is 6.56. The first-order chi connectivity index (χ1) is 6.15. The van der Waals surface area contributed by atoms with Crippen molar-refractivity contribution in [3.05, 3.63) is 23.8 Å². The summed E-state index contributed by atoms with van der Waals surface area (Å²) in [5, 5.41) is 27.0. The van der Waals surface area contributed by atoms with Crippen molar-refractivity contribution in [2.24, 2.45) is 0 Å². The van der Waals surface area contributed by atoms with E-state index in [1.165, 1.54) is 24.5 Å². The Morgan fingerprint density at radius 3 is 2.15 bits per heavy atom. The summed E-state index contributed by atoms with van der Waals surface area (Å²) >= 11 is 0. The molecule has 0 aliphatic rings. The highest BCUT2D eigenvalue weighted by Crippen LogP contribution is 2.35. The van der Waals surface area contributed by atoms with Gasteiger partial charge in [-0.05, 0) is 23.8 Å². The molecule has 0 bridgehead atoms. The van der Waals surface area contributed by atoms with Crippen molar-refractivity contribution in [3.8, 4) is 17.2 Å². The Balaban J connectivity index is 3.12. The van der Waals surface area contributed by atoms with Crippen LogP contribution in [0.15, 0.2) is 18.2 Å². The maximum absolute atomic E-state index is 9.83. The van der Waals surface area contributed by atoms with E-state index in [1.807, 2.05) is 0 Å². The van der Waals surface area contributed by atoms with Crippen molar-refractivity contribution in [2.45, 2.75) is 0 Å². The third-order valence-corrected chi connectivity index (χ3v) is 1.44. The molecule has 1 rings (SSSR count). The first kappa shape index (κ1) is 9.12. The Kier molecular flexibility index (Phi) is 2.54. The van der Waals surface area contributed by atoms with Crippen LogP contribution in [0.4, 0.5) is 0 Å². The number of phenols is 3. The van der Waals surface area contributed by atoms with Crippen LogP contribution in [0.25, 0.3) is 6.08 Å². The van der Waals surface area contributed by atoms with Crippen molar-refractivity contribution in [3.63, 3.8) is 0 Å². The molecule has 67 valence electrons. The molecule has 0 atom stereocenters. The summed E-state index contributed by atoms with van der Waals surface area (Å²) in [6, 6.07) is 2.42. The molecule has 0 amide bonds. The molecule has 13 heavy (non-hydrogen) atoms. The van der Waals surface area contributed by atoms with Gasteiger partial charge in [0.1, 0.15) is 0 Å². The fraction of sp³-hybridized carbons (Fsp3) is 0. The number of aromatic hydroxyl groups is 3. The lowest BCUT2D eigenvalue weighted by Crippen LogP contribution is -1.75. The molecular formula is C9H7O4. The average molecular weight is 179 g/mol. The van der Waals surface area contributed by atoms with Gasteiger partial charge in [0.25, 0.3) is 0 Å². The van der Waals surface area contributed by atoms with E-state index in [0.29, 0.717) is 5.56 Å². The third-order valence-electron chi connectivity index (χ3n) is 1.44. The van der Waals surface area contributed by atoms with E-state index in [-0.39, 0.29) is 0 Å². The molecular weight excluding hydrogens is 172 g/mol. The second-order valence-electron chi connectivity index (χ2n) is 2.36. The fourth-order valence-corrected chi connectivity index (χ4v) is 0.852. The molecule has 0 spiro atoms. The number of hydrogen-bond acceptors (Lipinski definition) is 4. The van der Waals surface area contributed by atoms with Crippen LogP contribution in [0.3, 0.4) is 0 Å². The number of phenolic OH excluding ortho intramolecular Hbond substituents is 3. The molecule has 1 aromatic rings. The molecule has 3 N–H and O–H groups in total. The first-order valence-electron chi connectivity index (χ1n) is 3.44.